The van der Waals surface area contributed by atoms with Crippen LogP contribution in [0.25, 0.3) is 11.0 Å². The molecule has 0 aliphatic carbocycles. The van der Waals surface area contributed by atoms with Crippen LogP contribution in [-0.2, 0) is 19.1 Å². The van der Waals surface area contributed by atoms with E-state index in [-0.39, 0.29) is 13.2 Å². The third-order valence-electron chi connectivity index (χ3n) is 4.16. The van der Waals surface area contributed by atoms with Gasteiger partial charge in [0.15, 0.2) is 13.2 Å². The van der Waals surface area contributed by atoms with E-state index in [4.69, 9.17) is 13.9 Å². The van der Waals surface area contributed by atoms with Gasteiger partial charge >= 0.3 is 5.97 Å². The van der Waals surface area contributed by atoms with E-state index in [2.05, 4.69) is 10.6 Å². The number of esters is 1. The molecule has 0 aliphatic rings. The standard InChI is InChI=1S/C22H22N2O6/c1-15(19-11-16-7-5-6-10-18(16)30-19)24-21(26)14-29-22(27)12-23-20(25)13-28-17-8-3-2-4-9-17/h2-11,15H,12-14H2,1H3,(H,23,25)(H,24,26)/t15-/m0/s1. The van der Waals surface area contributed by atoms with Crippen molar-refractivity contribution in [3.63, 3.8) is 0 Å². The van der Waals surface area contributed by atoms with Crippen molar-refractivity contribution in [2.24, 2.45) is 0 Å². The van der Waals surface area contributed by atoms with Crippen LogP contribution in [0, 0.1) is 0 Å². The van der Waals surface area contributed by atoms with E-state index in [1.54, 1.807) is 31.2 Å². The Kier molecular flexibility index (Phi) is 7.05. The summed E-state index contributed by atoms with van der Waals surface area (Å²) in [6, 6.07) is 17.8. The number of furan rings is 1. The van der Waals surface area contributed by atoms with Crippen LogP contribution in [0.3, 0.4) is 0 Å². The Hall–Kier alpha value is -3.81. The lowest BCUT2D eigenvalue weighted by atomic mass is 10.2. The average Bonchev–Trinajstić information content (AvgIpc) is 3.20. The second-order valence-electron chi connectivity index (χ2n) is 6.51. The molecule has 3 aromatic rings. The summed E-state index contributed by atoms with van der Waals surface area (Å²) < 4.78 is 15.8. The summed E-state index contributed by atoms with van der Waals surface area (Å²) in [5, 5.41) is 6.01. The molecule has 8 nitrogen and oxygen atoms in total. The largest absolute Gasteiger partial charge is 0.484 e. The van der Waals surface area contributed by atoms with Gasteiger partial charge < -0.3 is 24.5 Å². The Morgan fingerprint density at radius 2 is 1.70 bits per heavy atom. The molecule has 0 saturated heterocycles. The number of fused-ring (bicyclic) bond motifs is 1. The molecular weight excluding hydrogens is 388 g/mol. The van der Waals surface area contributed by atoms with Crippen molar-refractivity contribution >= 4 is 28.8 Å². The molecule has 8 heteroatoms. The van der Waals surface area contributed by atoms with E-state index in [1.807, 2.05) is 36.4 Å². The smallest absolute Gasteiger partial charge is 0.325 e. The predicted molar refractivity (Wildman–Crippen MR) is 109 cm³/mol. The van der Waals surface area contributed by atoms with Crippen LogP contribution in [-0.4, -0.2) is 37.5 Å². The fourth-order valence-corrected chi connectivity index (χ4v) is 2.65. The molecule has 0 unspecified atom stereocenters. The van der Waals surface area contributed by atoms with E-state index in [0.29, 0.717) is 11.5 Å². The molecule has 3 rings (SSSR count). The van der Waals surface area contributed by atoms with Crippen LogP contribution in [0.2, 0.25) is 0 Å². The highest BCUT2D eigenvalue weighted by Crippen LogP contribution is 2.23. The number of benzene rings is 2. The maximum Gasteiger partial charge on any atom is 0.325 e. The molecule has 0 aliphatic heterocycles. The Morgan fingerprint density at radius 3 is 2.47 bits per heavy atom. The molecule has 1 aromatic heterocycles. The van der Waals surface area contributed by atoms with E-state index in [1.165, 1.54) is 0 Å². The van der Waals surface area contributed by atoms with Crippen LogP contribution in [0.1, 0.15) is 18.7 Å². The number of nitrogens with one attached hydrogen (secondary N) is 2. The van der Waals surface area contributed by atoms with Crippen molar-refractivity contribution in [2.75, 3.05) is 19.8 Å². The Balaban J connectivity index is 1.34. The number of carbonyl (C=O) groups excluding carboxylic acids is 3. The molecule has 0 fully saturated rings. The number of amides is 2. The maximum absolute atomic E-state index is 12.0. The molecule has 0 bridgehead atoms. The zero-order valence-electron chi connectivity index (χ0n) is 16.4. The van der Waals surface area contributed by atoms with Gasteiger partial charge in [-0.25, -0.2) is 0 Å². The SMILES string of the molecule is C[C@H](NC(=O)COC(=O)CNC(=O)COc1ccccc1)c1cc2ccccc2o1. The number of rotatable bonds is 9. The molecule has 30 heavy (non-hydrogen) atoms. The number of hydrogen-bond donors (Lipinski definition) is 2. The molecule has 2 N–H and O–H groups in total. The van der Waals surface area contributed by atoms with Gasteiger partial charge in [-0.05, 0) is 31.2 Å². The lowest BCUT2D eigenvalue weighted by Gasteiger charge is -2.12. The van der Waals surface area contributed by atoms with Gasteiger partial charge in [-0.1, -0.05) is 36.4 Å². The van der Waals surface area contributed by atoms with Crippen LogP contribution in [0.5, 0.6) is 5.75 Å². The third-order valence-corrected chi connectivity index (χ3v) is 4.16. The van der Waals surface area contributed by atoms with Crippen molar-refractivity contribution in [3.05, 3.63) is 66.4 Å². The zero-order valence-corrected chi connectivity index (χ0v) is 16.4. The summed E-state index contributed by atoms with van der Waals surface area (Å²) in [6.07, 6.45) is 0. The fraction of sp³-hybridized carbons (Fsp3) is 0.227. The van der Waals surface area contributed by atoms with Crippen molar-refractivity contribution in [1.29, 1.82) is 0 Å². The first-order chi connectivity index (χ1) is 14.5. The quantitative estimate of drug-likeness (QED) is 0.525. The Bertz CT molecular complexity index is 982. The van der Waals surface area contributed by atoms with Crippen LogP contribution < -0.4 is 15.4 Å². The second-order valence-corrected chi connectivity index (χ2v) is 6.51. The second kappa shape index (κ2) is 10.1. The summed E-state index contributed by atoms with van der Waals surface area (Å²) in [4.78, 5) is 35.4. The van der Waals surface area contributed by atoms with Crippen LogP contribution in [0.15, 0.2) is 65.1 Å². The third kappa shape index (κ3) is 6.10. The van der Waals surface area contributed by atoms with E-state index in [0.717, 1.165) is 11.0 Å². The van der Waals surface area contributed by atoms with E-state index < -0.39 is 30.4 Å². The minimum atomic E-state index is -0.727. The molecule has 0 radical (unpaired) electrons. The van der Waals surface area contributed by atoms with Crippen molar-refractivity contribution in [1.82, 2.24) is 10.6 Å². The summed E-state index contributed by atoms with van der Waals surface area (Å²) >= 11 is 0. The summed E-state index contributed by atoms with van der Waals surface area (Å²) in [5.74, 6) is -0.532. The summed E-state index contributed by atoms with van der Waals surface area (Å²) in [6.45, 7) is 0.723. The normalized spacial score (nSPS) is 11.5. The molecule has 156 valence electrons. The van der Waals surface area contributed by atoms with E-state index >= 15 is 0 Å². The zero-order chi connectivity index (χ0) is 21.3. The lowest BCUT2D eigenvalue weighted by Crippen LogP contribution is -2.36. The van der Waals surface area contributed by atoms with E-state index in [9.17, 15) is 14.4 Å². The van der Waals surface area contributed by atoms with Gasteiger partial charge in [-0.2, -0.15) is 0 Å². The van der Waals surface area contributed by atoms with Crippen molar-refractivity contribution in [2.45, 2.75) is 13.0 Å². The van der Waals surface area contributed by atoms with Gasteiger partial charge in [0, 0.05) is 5.39 Å². The maximum atomic E-state index is 12.0. The first-order valence-corrected chi connectivity index (χ1v) is 9.39. The molecule has 2 amide bonds. The molecule has 0 saturated carbocycles. The number of para-hydroxylation sites is 2. The highest BCUT2D eigenvalue weighted by Gasteiger charge is 2.16. The number of carbonyl (C=O) groups is 3. The molecule has 0 spiro atoms. The summed E-state index contributed by atoms with van der Waals surface area (Å²) in [7, 11) is 0. The monoisotopic (exact) mass is 410 g/mol. The van der Waals surface area contributed by atoms with Gasteiger partial charge in [-0.3, -0.25) is 14.4 Å². The minimum absolute atomic E-state index is 0.229. The number of ether oxygens (including phenoxy) is 2. The number of hydrogen-bond acceptors (Lipinski definition) is 6. The topological polar surface area (TPSA) is 107 Å². The van der Waals surface area contributed by atoms with Crippen molar-refractivity contribution < 1.29 is 28.3 Å². The van der Waals surface area contributed by atoms with Gasteiger partial charge in [0.25, 0.3) is 11.8 Å². The summed E-state index contributed by atoms with van der Waals surface area (Å²) in [5.41, 5.74) is 0.729. The highest BCUT2D eigenvalue weighted by atomic mass is 16.5. The molecular formula is C22H22N2O6. The van der Waals surface area contributed by atoms with Crippen LogP contribution in [0.4, 0.5) is 0 Å². The van der Waals surface area contributed by atoms with Gasteiger partial charge in [-0.15, -0.1) is 0 Å². The predicted octanol–water partition coefficient (Wildman–Crippen LogP) is 2.35. The lowest BCUT2D eigenvalue weighted by molar-refractivity contribution is -0.148. The molecule has 1 atom stereocenters. The first kappa shape index (κ1) is 20.9. The Labute approximate surface area is 173 Å². The fourth-order valence-electron chi connectivity index (χ4n) is 2.65. The van der Waals surface area contributed by atoms with Crippen LogP contribution >= 0.6 is 0 Å². The highest BCUT2D eigenvalue weighted by molar-refractivity contribution is 5.85. The van der Waals surface area contributed by atoms with Gasteiger partial charge in [0.2, 0.25) is 0 Å². The average molecular weight is 410 g/mol. The van der Waals surface area contributed by atoms with Gasteiger partial charge in [0.05, 0.1) is 6.04 Å². The Morgan fingerprint density at radius 1 is 0.967 bits per heavy atom. The molecule has 2 aromatic carbocycles. The van der Waals surface area contributed by atoms with Crippen molar-refractivity contribution in [3.8, 4) is 5.75 Å². The first-order valence-electron chi connectivity index (χ1n) is 9.39. The molecule has 1 heterocycles. The van der Waals surface area contributed by atoms with Gasteiger partial charge in [0.1, 0.15) is 23.6 Å². The minimum Gasteiger partial charge on any atom is -0.484 e.